The minimum absolute atomic E-state index is 0.155. The lowest BCUT2D eigenvalue weighted by atomic mass is 10.1. The van der Waals surface area contributed by atoms with Gasteiger partial charge >= 0.3 is 0 Å². The molecule has 0 fully saturated rings. The number of hydrogen-bond acceptors (Lipinski definition) is 4. The average molecular weight is 488 g/mol. The second kappa shape index (κ2) is 7.76. The highest BCUT2D eigenvalue weighted by Crippen LogP contribution is 2.38. The van der Waals surface area contributed by atoms with Crippen LogP contribution in [-0.2, 0) is 4.79 Å². The molecule has 0 saturated heterocycles. The van der Waals surface area contributed by atoms with Gasteiger partial charge in [-0.2, -0.15) is 0 Å². The molecule has 0 aliphatic carbocycles. The van der Waals surface area contributed by atoms with Gasteiger partial charge in [-0.1, -0.05) is 34.1 Å². The largest absolute Gasteiger partial charge is 0.497 e. The molecule has 5 rings (SSSR count). The van der Waals surface area contributed by atoms with Gasteiger partial charge in [-0.05, 0) is 48.5 Å². The fourth-order valence-electron chi connectivity index (χ4n) is 3.94. The number of likely N-dealkylation sites (N-methyl/N-ethyl adjacent to an activating group) is 1. The van der Waals surface area contributed by atoms with E-state index in [0.29, 0.717) is 33.7 Å². The molecular formula is C25H18BrN3O3. The highest BCUT2D eigenvalue weighted by molar-refractivity contribution is 9.10. The summed E-state index contributed by atoms with van der Waals surface area (Å²) < 4.78 is 7.73. The molecule has 2 heterocycles. The number of aromatic nitrogens is 2. The molecule has 0 N–H and O–H groups in total. The van der Waals surface area contributed by atoms with E-state index in [9.17, 15) is 9.59 Å². The van der Waals surface area contributed by atoms with Gasteiger partial charge in [0, 0.05) is 23.2 Å². The van der Waals surface area contributed by atoms with Gasteiger partial charge in [-0.25, -0.2) is 4.98 Å². The SMILES string of the molecule is COc1cccc(-n2c(/C=C3\C(=O)N(C)c4ccc(Br)cc43)nc3ccccc3c2=O)c1. The molecule has 0 unspecified atom stereocenters. The first-order valence-corrected chi connectivity index (χ1v) is 10.7. The molecule has 158 valence electrons. The lowest BCUT2D eigenvalue weighted by Gasteiger charge is -2.13. The molecule has 0 bridgehead atoms. The number of halogens is 1. The van der Waals surface area contributed by atoms with Crippen molar-refractivity contribution >= 4 is 50.1 Å². The van der Waals surface area contributed by atoms with Crippen LogP contribution < -0.4 is 15.2 Å². The van der Waals surface area contributed by atoms with E-state index in [2.05, 4.69) is 15.9 Å². The average Bonchev–Trinajstić information content (AvgIpc) is 3.03. The van der Waals surface area contributed by atoms with Crippen LogP contribution in [0.15, 0.2) is 76.0 Å². The molecule has 1 amide bonds. The van der Waals surface area contributed by atoms with E-state index < -0.39 is 0 Å². The molecule has 1 aliphatic heterocycles. The summed E-state index contributed by atoms with van der Waals surface area (Å²) in [6.45, 7) is 0. The first kappa shape index (κ1) is 20.2. The van der Waals surface area contributed by atoms with Crippen LogP contribution >= 0.6 is 15.9 Å². The molecule has 3 aromatic carbocycles. The maximum absolute atomic E-state index is 13.5. The van der Waals surface area contributed by atoms with Crippen LogP contribution in [0, 0.1) is 0 Å². The third kappa shape index (κ3) is 3.22. The normalized spacial score (nSPS) is 14.3. The summed E-state index contributed by atoms with van der Waals surface area (Å²) in [6.07, 6.45) is 1.68. The van der Waals surface area contributed by atoms with Gasteiger partial charge in [0.15, 0.2) is 0 Å². The zero-order valence-electron chi connectivity index (χ0n) is 17.4. The molecule has 7 heteroatoms. The Hall–Kier alpha value is -3.71. The van der Waals surface area contributed by atoms with E-state index in [-0.39, 0.29) is 11.5 Å². The summed E-state index contributed by atoms with van der Waals surface area (Å²) in [5, 5.41) is 0.496. The fraction of sp³-hybridized carbons (Fsp3) is 0.0800. The van der Waals surface area contributed by atoms with Crippen LogP contribution in [0.3, 0.4) is 0 Å². The van der Waals surface area contributed by atoms with Crippen molar-refractivity contribution in [3.05, 3.63) is 92.9 Å². The van der Waals surface area contributed by atoms with Crippen molar-refractivity contribution in [2.75, 3.05) is 19.1 Å². The summed E-state index contributed by atoms with van der Waals surface area (Å²) in [5.74, 6) is 0.830. The van der Waals surface area contributed by atoms with Crippen LogP contribution in [0.4, 0.5) is 5.69 Å². The third-order valence-corrected chi connectivity index (χ3v) is 6.03. The van der Waals surface area contributed by atoms with Gasteiger partial charge in [0.05, 0.1) is 35.0 Å². The Morgan fingerprint density at radius 2 is 1.81 bits per heavy atom. The van der Waals surface area contributed by atoms with Crippen molar-refractivity contribution in [2.45, 2.75) is 0 Å². The zero-order valence-corrected chi connectivity index (χ0v) is 19.0. The minimum Gasteiger partial charge on any atom is -0.497 e. The van der Waals surface area contributed by atoms with Gasteiger partial charge in [-0.3, -0.25) is 14.2 Å². The number of benzene rings is 3. The van der Waals surface area contributed by atoms with E-state index in [1.165, 1.54) is 4.57 Å². The molecule has 1 aromatic heterocycles. The second-order valence-corrected chi connectivity index (χ2v) is 8.33. The molecule has 0 atom stereocenters. The third-order valence-electron chi connectivity index (χ3n) is 5.53. The molecular weight excluding hydrogens is 470 g/mol. The number of rotatable bonds is 3. The molecule has 0 radical (unpaired) electrons. The van der Waals surface area contributed by atoms with Crippen LogP contribution in [-0.4, -0.2) is 29.6 Å². The van der Waals surface area contributed by atoms with Crippen LogP contribution in [0.1, 0.15) is 11.4 Å². The highest BCUT2D eigenvalue weighted by Gasteiger charge is 2.30. The standard InChI is InChI=1S/C25H18BrN3O3/c1-28-22-11-10-15(26)12-19(22)20(24(28)30)14-23-27-21-9-4-3-8-18(21)25(31)29(23)16-6-5-7-17(13-16)32-2/h3-14H,1-2H3/b20-14-. The quantitative estimate of drug-likeness (QED) is 0.393. The number of hydrogen-bond donors (Lipinski definition) is 0. The van der Waals surface area contributed by atoms with E-state index in [1.807, 2.05) is 48.5 Å². The minimum atomic E-state index is -0.219. The fourth-order valence-corrected chi connectivity index (χ4v) is 4.30. The highest BCUT2D eigenvalue weighted by atomic mass is 79.9. The maximum atomic E-state index is 13.5. The Morgan fingerprint density at radius 3 is 2.62 bits per heavy atom. The Labute approximate surface area is 192 Å². The number of carbonyl (C=O) groups excluding carboxylic acids is 1. The summed E-state index contributed by atoms with van der Waals surface area (Å²) in [4.78, 5) is 32.9. The van der Waals surface area contributed by atoms with Crippen LogP contribution in [0.25, 0.3) is 28.2 Å². The summed E-state index contributed by atoms with van der Waals surface area (Å²) in [5.41, 5.74) is 3.02. The number of carbonyl (C=O) groups is 1. The lowest BCUT2D eigenvalue weighted by Crippen LogP contribution is -2.23. The van der Waals surface area contributed by atoms with Crippen LogP contribution in [0.2, 0.25) is 0 Å². The van der Waals surface area contributed by atoms with Crippen molar-refractivity contribution in [1.82, 2.24) is 9.55 Å². The van der Waals surface area contributed by atoms with Gasteiger partial charge in [0.25, 0.3) is 11.5 Å². The van der Waals surface area contributed by atoms with E-state index in [4.69, 9.17) is 9.72 Å². The Kier molecular flexibility index (Phi) is 4.90. The molecule has 6 nitrogen and oxygen atoms in total. The smallest absolute Gasteiger partial charge is 0.266 e. The molecule has 1 aliphatic rings. The second-order valence-electron chi connectivity index (χ2n) is 7.41. The number of anilines is 1. The summed E-state index contributed by atoms with van der Waals surface area (Å²) in [7, 11) is 3.31. The van der Waals surface area contributed by atoms with Crippen molar-refractivity contribution in [1.29, 1.82) is 0 Å². The molecule has 32 heavy (non-hydrogen) atoms. The topological polar surface area (TPSA) is 64.4 Å². The predicted molar refractivity (Wildman–Crippen MR) is 129 cm³/mol. The van der Waals surface area contributed by atoms with Gasteiger partial charge in [0.1, 0.15) is 11.6 Å². The first-order valence-electron chi connectivity index (χ1n) is 9.94. The number of para-hydroxylation sites is 1. The molecule has 0 saturated carbocycles. The number of nitrogens with zero attached hydrogens (tertiary/aromatic N) is 3. The molecule has 0 spiro atoms. The van der Waals surface area contributed by atoms with Gasteiger partial charge in [0.2, 0.25) is 0 Å². The van der Waals surface area contributed by atoms with Crippen molar-refractivity contribution in [3.8, 4) is 11.4 Å². The number of ether oxygens (including phenoxy) is 1. The summed E-state index contributed by atoms with van der Waals surface area (Å²) >= 11 is 3.49. The van der Waals surface area contributed by atoms with Crippen molar-refractivity contribution < 1.29 is 9.53 Å². The van der Waals surface area contributed by atoms with Crippen molar-refractivity contribution in [3.63, 3.8) is 0 Å². The number of methoxy groups -OCH3 is 1. The predicted octanol–water partition coefficient (Wildman–Crippen LogP) is 4.67. The Balaban J connectivity index is 1.82. The van der Waals surface area contributed by atoms with E-state index in [0.717, 1.165) is 15.7 Å². The number of fused-ring (bicyclic) bond motifs is 2. The number of amides is 1. The monoisotopic (exact) mass is 487 g/mol. The Morgan fingerprint density at radius 1 is 1.00 bits per heavy atom. The maximum Gasteiger partial charge on any atom is 0.266 e. The van der Waals surface area contributed by atoms with E-state index in [1.54, 1.807) is 43.3 Å². The van der Waals surface area contributed by atoms with Gasteiger partial charge < -0.3 is 9.64 Å². The molecule has 4 aromatic rings. The zero-order chi connectivity index (χ0) is 22.4. The van der Waals surface area contributed by atoms with Crippen molar-refractivity contribution in [2.24, 2.45) is 0 Å². The van der Waals surface area contributed by atoms with Crippen LogP contribution in [0.5, 0.6) is 5.75 Å². The first-order chi connectivity index (χ1) is 15.5. The Bertz CT molecular complexity index is 1490. The summed E-state index contributed by atoms with van der Waals surface area (Å²) in [6, 6.07) is 20.1. The lowest BCUT2D eigenvalue weighted by molar-refractivity contribution is -0.112. The van der Waals surface area contributed by atoms with E-state index >= 15 is 0 Å². The van der Waals surface area contributed by atoms with Gasteiger partial charge in [-0.15, -0.1) is 0 Å².